The maximum Gasteiger partial charge on any atom is 0.0278 e. The molecule has 0 spiro atoms. The molecule has 0 unspecified atom stereocenters. The summed E-state index contributed by atoms with van der Waals surface area (Å²) < 4.78 is 0. The van der Waals surface area contributed by atoms with E-state index in [9.17, 15) is 0 Å². The third kappa shape index (κ3) is 1.84. The molecule has 1 aliphatic carbocycles. The molecule has 9 heavy (non-hydrogen) atoms. The molecule has 0 heterocycles. The van der Waals surface area contributed by atoms with Crippen molar-refractivity contribution in [2.75, 3.05) is 7.05 Å². The minimum atomic E-state index is 1.16. The van der Waals surface area contributed by atoms with Crippen LogP contribution in [0.4, 0.5) is 0 Å². The Morgan fingerprint density at radius 3 is 3.00 bits per heavy atom. The molecule has 0 N–H and O–H groups in total. The van der Waals surface area contributed by atoms with Crippen LogP contribution in [0.2, 0.25) is 0 Å². The topological polar surface area (TPSA) is 12.4 Å². The molecule has 1 heteroatoms. The summed E-state index contributed by atoms with van der Waals surface area (Å²) in [5, 5.41) is 0. The second-order valence-electron chi connectivity index (χ2n) is 2.07. The van der Waals surface area contributed by atoms with Gasteiger partial charge in [-0.25, -0.2) is 0 Å². The zero-order valence-corrected chi connectivity index (χ0v) is 5.67. The van der Waals surface area contributed by atoms with Gasteiger partial charge in [-0.2, -0.15) is 0 Å². The van der Waals surface area contributed by atoms with Gasteiger partial charge >= 0.3 is 0 Å². The predicted octanol–water partition coefficient (Wildman–Crippen LogP) is 1.96. The Kier molecular flexibility index (Phi) is 2.25. The van der Waals surface area contributed by atoms with Crippen molar-refractivity contribution in [3.63, 3.8) is 0 Å². The van der Waals surface area contributed by atoms with Crippen LogP contribution in [0.5, 0.6) is 0 Å². The summed E-state index contributed by atoms with van der Waals surface area (Å²) in [5.74, 6) is 0. The standard InChI is InChI=1S/C8H11N/c1-9-7-8-5-3-2-4-6-8/h3,5-7H,2,4H2,1H3/b9-7+. The average Bonchev–Trinajstić information content (AvgIpc) is 1.91. The van der Waals surface area contributed by atoms with Crippen molar-refractivity contribution in [3.05, 3.63) is 23.8 Å². The fourth-order valence-corrected chi connectivity index (χ4v) is 0.878. The maximum atomic E-state index is 3.91. The second kappa shape index (κ2) is 3.23. The van der Waals surface area contributed by atoms with Gasteiger partial charge in [0.15, 0.2) is 0 Å². The van der Waals surface area contributed by atoms with Crippen molar-refractivity contribution < 1.29 is 0 Å². The van der Waals surface area contributed by atoms with E-state index in [1.807, 2.05) is 6.21 Å². The third-order valence-electron chi connectivity index (χ3n) is 1.30. The molecule has 0 aromatic heterocycles. The van der Waals surface area contributed by atoms with Gasteiger partial charge in [-0.1, -0.05) is 18.2 Å². The molecular formula is C8H11N. The number of aliphatic imine (C=N–C) groups is 1. The van der Waals surface area contributed by atoms with E-state index in [4.69, 9.17) is 0 Å². The van der Waals surface area contributed by atoms with E-state index in [2.05, 4.69) is 23.2 Å². The van der Waals surface area contributed by atoms with Crippen LogP contribution in [0, 0.1) is 0 Å². The van der Waals surface area contributed by atoms with Gasteiger partial charge in [0.25, 0.3) is 0 Å². The van der Waals surface area contributed by atoms with Crippen molar-refractivity contribution in [2.24, 2.45) is 4.99 Å². The molecule has 0 aromatic rings. The summed E-state index contributed by atoms with van der Waals surface area (Å²) >= 11 is 0. The van der Waals surface area contributed by atoms with E-state index in [0.29, 0.717) is 0 Å². The number of hydrogen-bond donors (Lipinski definition) is 0. The van der Waals surface area contributed by atoms with Crippen LogP contribution in [0.15, 0.2) is 28.8 Å². The summed E-state index contributed by atoms with van der Waals surface area (Å²) in [7, 11) is 1.79. The highest BCUT2D eigenvalue weighted by molar-refractivity contribution is 5.82. The first-order valence-corrected chi connectivity index (χ1v) is 3.22. The lowest BCUT2D eigenvalue weighted by Crippen LogP contribution is -1.84. The van der Waals surface area contributed by atoms with Gasteiger partial charge in [0.1, 0.15) is 0 Å². The molecule has 1 aliphatic rings. The van der Waals surface area contributed by atoms with Crippen molar-refractivity contribution in [2.45, 2.75) is 12.8 Å². The molecule has 1 nitrogen and oxygen atoms in total. The van der Waals surface area contributed by atoms with Crippen molar-refractivity contribution in [1.82, 2.24) is 0 Å². The normalized spacial score (nSPS) is 18.6. The lowest BCUT2D eigenvalue weighted by molar-refractivity contribution is 1.03. The first-order valence-electron chi connectivity index (χ1n) is 3.22. The Labute approximate surface area is 55.8 Å². The summed E-state index contributed by atoms with van der Waals surface area (Å²) in [6.45, 7) is 0. The molecule has 0 radical (unpaired) electrons. The van der Waals surface area contributed by atoms with Crippen molar-refractivity contribution in [3.8, 4) is 0 Å². The molecule has 0 atom stereocenters. The van der Waals surface area contributed by atoms with Gasteiger partial charge in [-0.3, -0.25) is 4.99 Å². The molecule has 0 bridgehead atoms. The summed E-state index contributed by atoms with van der Waals surface area (Å²) in [5.41, 5.74) is 1.24. The quantitative estimate of drug-likeness (QED) is 0.470. The van der Waals surface area contributed by atoms with Gasteiger partial charge in [0, 0.05) is 13.3 Å². The summed E-state index contributed by atoms with van der Waals surface area (Å²) in [6.07, 6.45) is 10.7. The van der Waals surface area contributed by atoms with Crippen molar-refractivity contribution >= 4 is 6.21 Å². The third-order valence-corrected chi connectivity index (χ3v) is 1.30. The number of allylic oxidation sites excluding steroid dienone is 4. The smallest absolute Gasteiger partial charge is 0.0278 e. The first kappa shape index (κ1) is 6.27. The van der Waals surface area contributed by atoms with E-state index in [1.165, 1.54) is 12.0 Å². The van der Waals surface area contributed by atoms with Crippen LogP contribution in [0.25, 0.3) is 0 Å². The molecular weight excluding hydrogens is 110 g/mol. The maximum absolute atomic E-state index is 3.91. The van der Waals surface area contributed by atoms with Gasteiger partial charge in [-0.05, 0) is 18.4 Å². The summed E-state index contributed by atoms with van der Waals surface area (Å²) in [6, 6.07) is 0. The Balaban J connectivity index is 2.58. The monoisotopic (exact) mass is 121 g/mol. The minimum absolute atomic E-state index is 1.16. The first-order chi connectivity index (χ1) is 4.43. The van der Waals surface area contributed by atoms with E-state index >= 15 is 0 Å². The van der Waals surface area contributed by atoms with Crippen LogP contribution in [0.3, 0.4) is 0 Å². The van der Waals surface area contributed by atoms with Gasteiger partial charge in [0.2, 0.25) is 0 Å². The highest BCUT2D eigenvalue weighted by Crippen LogP contribution is 2.06. The second-order valence-corrected chi connectivity index (χ2v) is 2.07. The van der Waals surface area contributed by atoms with Gasteiger partial charge in [-0.15, -0.1) is 0 Å². The lowest BCUT2D eigenvalue weighted by Gasteiger charge is -1.98. The van der Waals surface area contributed by atoms with Crippen LogP contribution < -0.4 is 0 Å². The average molecular weight is 121 g/mol. The molecule has 0 aliphatic heterocycles. The summed E-state index contributed by atoms with van der Waals surface area (Å²) in [4.78, 5) is 3.91. The minimum Gasteiger partial charge on any atom is -0.296 e. The zero-order valence-electron chi connectivity index (χ0n) is 5.67. The van der Waals surface area contributed by atoms with Crippen LogP contribution in [-0.4, -0.2) is 13.3 Å². The molecule has 0 saturated heterocycles. The number of rotatable bonds is 1. The van der Waals surface area contributed by atoms with E-state index < -0.39 is 0 Å². The Bertz CT molecular complexity index is 159. The van der Waals surface area contributed by atoms with E-state index in [1.54, 1.807) is 7.05 Å². The fraction of sp³-hybridized carbons (Fsp3) is 0.375. The predicted molar refractivity (Wildman–Crippen MR) is 40.9 cm³/mol. The Hall–Kier alpha value is -0.850. The van der Waals surface area contributed by atoms with Gasteiger partial charge in [0.05, 0.1) is 0 Å². The largest absolute Gasteiger partial charge is 0.296 e. The number of hydrogen-bond acceptors (Lipinski definition) is 1. The van der Waals surface area contributed by atoms with Gasteiger partial charge < -0.3 is 0 Å². The van der Waals surface area contributed by atoms with Crippen LogP contribution >= 0.6 is 0 Å². The Morgan fingerprint density at radius 2 is 2.44 bits per heavy atom. The van der Waals surface area contributed by atoms with E-state index in [-0.39, 0.29) is 0 Å². The SMILES string of the molecule is C/N=C/C1=CCCC=C1. The van der Waals surface area contributed by atoms with Crippen LogP contribution in [0.1, 0.15) is 12.8 Å². The molecule has 0 fully saturated rings. The van der Waals surface area contributed by atoms with Crippen molar-refractivity contribution in [1.29, 1.82) is 0 Å². The van der Waals surface area contributed by atoms with Crippen LogP contribution in [-0.2, 0) is 0 Å². The lowest BCUT2D eigenvalue weighted by atomic mass is 10.1. The molecule has 0 amide bonds. The molecule has 48 valence electrons. The molecule has 0 aromatic carbocycles. The molecule has 0 saturated carbocycles. The zero-order chi connectivity index (χ0) is 6.53. The van der Waals surface area contributed by atoms with E-state index in [0.717, 1.165) is 6.42 Å². The fourth-order valence-electron chi connectivity index (χ4n) is 0.878. The molecule has 1 rings (SSSR count). The highest BCUT2D eigenvalue weighted by atomic mass is 14.6. The Morgan fingerprint density at radius 1 is 1.56 bits per heavy atom. The highest BCUT2D eigenvalue weighted by Gasteiger charge is 1.90. The number of nitrogens with zero attached hydrogens (tertiary/aromatic N) is 1.